The van der Waals surface area contributed by atoms with Gasteiger partial charge in [0, 0.05) is 19.6 Å². The van der Waals surface area contributed by atoms with Crippen molar-refractivity contribution < 1.29 is 15.3 Å². The number of nitrogens with one attached hydrogen (secondary N) is 3. The Morgan fingerprint density at radius 3 is 1.29 bits per heavy atom. The largest absolute Gasteiger partial charge is 0.395 e. The van der Waals surface area contributed by atoms with Gasteiger partial charge in [-0.3, -0.25) is 15.3 Å². The van der Waals surface area contributed by atoms with E-state index in [1.807, 2.05) is 0 Å². The van der Waals surface area contributed by atoms with Gasteiger partial charge in [-0.2, -0.15) is 0 Å². The first-order chi connectivity index (χ1) is 6.68. The zero-order valence-electron chi connectivity index (χ0n) is 7.94. The van der Waals surface area contributed by atoms with Gasteiger partial charge in [0.2, 0.25) is 0 Å². The van der Waals surface area contributed by atoms with Crippen molar-refractivity contribution >= 4 is 18.3 Å². The van der Waals surface area contributed by atoms with E-state index in [9.17, 15) is 0 Å². The molecule has 0 heterocycles. The van der Waals surface area contributed by atoms with Crippen LogP contribution in [0.15, 0.2) is 0 Å². The Hall–Kier alpha value is 0.410. The van der Waals surface area contributed by atoms with Crippen LogP contribution >= 0.6 is 6.49 Å². The SMILES string of the molecule is OCCNP(=S)(NCCO)NCCO. The first kappa shape index (κ1) is 14.4. The topological polar surface area (TPSA) is 96.8 Å². The summed E-state index contributed by atoms with van der Waals surface area (Å²) in [6.45, 7) is -1.02. The molecular weight excluding hydrogens is 225 g/mol. The molecule has 0 rings (SSSR count). The molecule has 0 radical (unpaired) electrons. The van der Waals surface area contributed by atoms with Gasteiger partial charge >= 0.3 is 0 Å². The highest BCUT2D eigenvalue weighted by Crippen LogP contribution is 2.29. The van der Waals surface area contributed by atoms with Crippen LogP contribution in [0.2, 0.25) is 0 Å². The lowest BCUT2D eigenvalue weighted by atomic mass is 10.8. The van der Waals surface area contributed by atoms with Crippen LogP contribution in [0.4, 0.5) is 0 Å². The van der Waals surface area contributed by atoms with Gasteiger partial charge in [0.25, 0.3) is 0 Å². The maximum atomic E-state index is 8.64. The number of aliphatic hydroxyl groups is 3. The first-order valence-corrected chi connectivity index (χ1v) is 7.16. The smallest absolute Gasteiger partial charge is 0.137 e. The Morgan fingerprint density at radius 2 is 1.07 bits per heavy atom. The second-order valence-electron chi connectivity index (χ2n) is 2.50. The lowest BCUT2D eigenvalue weighted by Gasteiger charge is -2.24. The summed E-state index contributed by atoms with van der Waals surface area (Å²) in [7, 11) is 0. The van der Waals surface area contributed by atoms with E-state index in [-0.39, 0.29) is 19.8 Å². The molecule has 0 aromatic rings. The van der Waals surface area contributed by atoms with Crippen molar-refractivity contribution in [3.8, 4) is 0 Å². The molecule has 0 bridgehead atoms. The number of aliphatic hydroxyl groups excluding tert-OH is 3. The molecule has 0 amide bonds. The van der Waals surface area contributed by atoms with E-state index >= 15 is 0 Å². The van der Waals surface area contributed by atoms with Gasteiger partial charge < -0.3 is 15.3 Å². The molecule has 0 fully saturated rings. The van der Waals surface area contributed by atoms with Crippen molar-refractivity contribution in [1.29, 1.82) is 0 Å². The van der Waals surface area contributed by atoms with Crippen LogP contribution in [0, 0.1) is 0 Å². The van der Waals surface area contributed by atoms with Crippen LogP contribution in [0.1, 0.15) is 0 Å². The van der Waals surface area contributed by atoms with Crippen molar-refractivity contribution in [1.82, 2.24) is 15.3 Å². The molecule has 6 nitrogen and oxygen atoms in total. The Bertz CT molecular complexity index is 155. The van der Waals surface area contributed by atoms with E-state index in [4.69, 9.17) is 27.1 Å². The van der Waals surface area contributed by atoms with Crippen LogP contribution in [-0.4, -0.2) is 54.8 Å². The minimum Gasteiger partial charge on any atom is -0.395 e. The van der Waals surface area contributed by atoms with Crippen LogP contribution in [0.25, 0.3) is 0 Å². The normalized spacial score (nSPS) is 11.9. The molecule has 0 aromatic heterocycles. The summed E-state index contributed by atoms with van der Waals surface area (Å²) in [4.78, 5) is 0. The monoisotopic (exact) mass is 243 g/mol. The van der Waals surface area contributed by atoms with Crippen LogP contribution < -0.4 is 15.3 Å². The molecule has 0 saturated carbocycles. The molecule has 0 atom stereocenters. The van der Waals surface area contributed by atoms with Crippen molar-refractivity contribution in [2.45, 2.75) is 0 Å². The summed E-state index contributed by atoms with van der Waals surface area (Å²) >= 11 is 5.24. The van der Waals surface area contributed by atoms with Gasteiger partial charge in [-0.15, -0.1) is 0 Å². The molecule has 0 unspecified atom stereocenters. The molecule has 0 aromatic carbocycles. The van der Waals surface area contributed by atoms with Crippen LogP contribution in [-0.2, 0) is 11.8 Å². The predicted molar refractivity (Wildman–Crippen MR) is 59.6 cm³/mol. The van der Waals surface area contributed by atoms with Gasteiger partial charge in [0.05, 0.1) is 19.8 Å². The van der Waals surface area contributed by atoms with E-state index in [0.717, 1.165) is 0 Å². The molecule has 8 heteroatoms. The highest BCUT2D eigenvalue weighted by molar-refractivity contribution is 8.11. The molecule has 14 heavy (non-hydrogen) atoms. The minimum absolute atomic E-state index is 0. The standard InChI is InChI=1S/C6H18N3O3PS/c10-4-1-7-13(14,8-2-5-11)9-3-6-12/h10-12H,1-6H2,(H3,7,8,9,14). The van der Waals surface area contributed by atoms with E-state index in [1.165, 1.54) is 0 Å². The number of hydrogen-bond donors (Lipinski definition) is 6. The van der Waals surface area contributed by atoms with E-state index < -0.39 is 6.49 Å². The second-order valence-corrected chi connectivity index (χ2v) is 6.31. The number of hydrogen-bond acceptors (Lipinski definition) is 4. The first-order valence-electron chi connectivity index (χ1n) is 4.36. The van der Waals surface area contributed by atoms with Crippen molar-refractivity contribution in [2.75, 3.05) is 39.5 Å². The van der Waals surface area contributed by atoms with Crippen molar-refractivity contribution in [3.05, 3.63) is 0 Å². The third-order valence-electron chi connectivity index (χ3n) is 1.34. The average Bonchev–Trinajstić information content (AvgIpc) is 2.21. The maximum Gasteiger partial charge on any atom is 0.137 e. The molecule has 6 N–H and O–H groups in total. The number of rotatable bonds is 9. The van der Waals surface area contributed by atoms with E-state index in [2.05, 4.69) is 15.3 Å². The average molecular weight is 243 g/mol. The Balaban J connectivity index is 3.97. The summed E-state index contributed by atoms with van der Waals surface area (Å²) in [6, 6.07) is 0. The van der Waals surface area contributed by atoms with Crippen molar-refractivity contribution in [3.63, 3.8) is 0 Å². The fourth-order valence-corrected chi connectivity index (χ4v) is 3.19. The zero-order valence-corrected chi connectivity index (χ0v) is 9.65. The highest BCUT2D eigenvalue weighted by atomic mass is 32.4. The molecule has 0 saturated heterocycles. The Labute approximate surface area is 88.9 Å². The summed E-state index contributed by atoms with van der Waals surface area (Å²) in [5, 5.41) is 34.7. The quantitative estimate of drug-likeness (QED) is 0.260. The van der Waals surface area contributed by atoms with Crippen LogP contribution in [0.3, 0.4) is 0 Å². The molecule has 0 aliphatic rings. The fraction of sp³-hybridized carbons (Fsp3) is 1.00. The highest BCUT2D eigenvalue weighted by Gasteiger charge is 2.13. The summed E-state index contributed by atoms with van der Waals surface area (Å²) < 4.78 is 0. The van der Waals surface area contributed by atoms with Crippen LogP contribution in [0.5, 0.6) is 0 Å². The molecule has 0 aliphatic carbocycles. The molecular formula is C6H18N3O3PS. The van der Waals surface area contributed by atoms with Crippen molar-refractivity contribution in [2.24, 2.45) is 0 Å². The third-order valence-corrected chi connectivity index (χ3v) is 4.51. The van der Waals surface area contributed by atoms with Gasteiger partial charge in [0.15, 0.2) is 0 Å². The Kier molecular flexibility index (Phi) is 8.95. The van der Waals surface area contributed by atoms with Gasteiger partial charge in [-0.25, -0.2) is 0 Å². The fourth-order valence-electron chi connectivity index (χ4n) is 0.790. The predicted octanol–water partition coefficient (Wildman–Crippen LogP) is -2.04. The summed E-state index contributed by atoms with van der Waals surface area (Å²) in [5.41, 5.74) is 0. The zero-order chi connectivity index (χ0) is 10.9. The van der Waals surface area contributed by atoms with Gasteiger partial charge in [-0.05, 0) is 11.8 Å². The lowest BCUT2D eigenvalue weighted by Crippen LogP contribution is -2.35. The third kappa shape index (κ3) is 6.80. The summed E-state index contributed by atoms with van der Waals surface area (Å²) in [5.74, 6) is 0. The Morgan fingerprint density at radius 1 is 0.786 bits per heavy atom. The molecule has 0 spiro atoms. The second kappa shape index (κ2) is 8.70. The minimum atomic E-state index is -2.17. The lowest BCUT2D eigenvalue weighted by molar-refractivity contribution is 0.295. The molecule has 86 valence electrons. The van der Waals surface area contributed by atoms with E-state index in [0.29, 0.717) is 19.6 Å². The maximum absolute atomic E-state index is 8.64. The summed E-state index contributed by atoms with van der Waals surface area (Å²) in [6.07, 6.45) is 0. The van der Waals surface area contributed by atoms with Gasteiger partial charge in [0.1, 0.15) is 6.49 Å². The van der Waals surface area contributed by atoms with Gasteiger partial charge in [-0.1, -0.05) is 0 Å². The van der Waals surface area contributed by atoms with E-state index in [1.54, 1.807) is 0 Å². The molecule has 0 aliphatic heterocycles.